The molecule has 3 heterocycles. The highest BCUT2D eigenvalue weighted by molar-refractivity contribution is 5.94. The van der Waals surface area contributed by atoms with Gasteiger partial charge in [-0.25, -0.2) is 0 Å². The zero-order valence-corrected chi connectivity index (χ0v) is 15.3. The van der Waals surface area contributed by atoms with Crippen LogP contribution in [-0.4, -0.2) is 58.0 Å². The van der Waals surface area contributed by atoms with E-state index in [-0.39, 0.29) is 12.5 Å². The normalized spacial score (nSPS) is 21.5. The number of benzene rings is 1. The van der Waals surface area contributed by atoms with Crippen molar-refractivity contribution in [2.24, 2.45) is 18.4 Å². The van der Waals surface area contributed by atoms with Crippen molar-refractivity contribution in [3.8, 4) is 11.3 Å². The minimum absolute atomic E-state index is 0.206. The smallest absolute Gasteiger partial charge is 0.308 e. The maximum absolute atomic E-state index is 13.1. The molecular weight excluding hydrogens is 346 g/mol. The lowest BCUT2D eigenvalue weighted by molar-refractivity contribution is -0.146. The summed E-state index contributed by atoms with van der Waals surface area (Å²) in [6.45, 7) is 1.77. The van der Waals surface area contributed by atoms with E-state index in [0.29, 0.717) is 38.3 Å². The van der Waals surface area contributed by atoms with Crippen molar-refractivity contribution >= 4 is 11.9 Å². The summed E-state index contributed by atoms with van der Waals surface area (Å²) in [4.78, 5) is 26.5. The van der Waals surface area contributed by atoms with Crippen LogP contribution in [0.1, 0.15) is 23.3 Å². The number of amides is 1. The van der Waals surface area contributed by atoms with Gasteiger partial charge in [-0.3, -0.25) is 14.3 Å². The second-order valence-electron chi connectivity index (χ2n) is 7.46. The third kappa shape index (κ3) is 3.12. The van der Waals surface area contributed by atoms with E-state index in [1.54, 1.807) is 15.6 Å². The van der Waals surface area contributed by atoms with Gasteiger partial charge in [0, 0.05) is 38.8 Å². The first-order valence-electron chi connectivity index (χ1n) is 9.19. The Labute approximate surface area is 157 Å². The number of hydrogen-bond acceptors (Lipinski definition) is 4. The predicted octanol–water partition coefficient (Wildman–Crippen LogP) is 2.04. The molecule has 1 atom stereocenters. The van der Waals surface area contributed by atoms with Gasteiger partial charge in [0.05, 0.1) is 11.6 Å². The number of rotatable bonds is 3. The van der Waals surface area contributed by atoms with Gasteiger partial charge in [0.1, 0.15) is 0 Å². The van der Waals surface area contributed by atoms with E-state index in [1.807, 2.05) is 37.4 Å². The van der Waals surface area contributed by atoms with Crippen LogP contribution in [-0.2, 0) is 16.6 Å². The summed E-state index contributed by atoms with van der Waals surface area (Å²) in [7, 11) is 1.81. The molecule has 1 aromatic carbocycles. The number of carbonyl (C=O) groups is 2. The second kappa shape index (κ2) is 6.81. The second-order valence-corrected chi connectivity index (χ2v) is 7.46. The first-order valence-corrected chi connectivity index (χ1v) is 9.19. The van der Waals surface area contributed by atoms with Crippen LogP contribution in [0.5, 0.6) is 0 Å². The van der Waals surface area contributed by atoms with Gasteiger partial charge in [-0.05, 0) is 24.5 Å². The molecule has 2 fully saturated rings. The zero-order chi connectivity index (χ0) is 19.0. The van der Waals surface area contributed by atoms with Crippen molar-refractivity contribution in [3.05, 3.63) is 42.1 Å². The fourth-order valence-electron chi connectivity index (χ4n) is 4.36. The Hall–Kier alpha value is -2.67. The molecule has 2 saturated heterocycles. The number of carbonyl (C=O) groups excluding carboxylic acids is 1. The van der Waals surface area contributed by atoms with Crippen LogP contribution >= 0.6 is 0 Å². The molecule has 1 aromatic heterocycles. The quantitative estimate of drug-likeness (QED) is 0.895. The molecule has 0 aliphatic carbocycles. The number of hydrogen-bond donors (Lipinski definition) is 1. The van der Waals surface area contributed by atoms with Crippen molar-refractivity contribution in [2.75, 3.05) is 26.3 Å². The third-order valence-electron chi connectivity index (χ3n) is 5.89. The molecule has 0 bridgehead atoms. The number of aliphatic carboxylic acids is 1. The fourth-order valence-corrected chi connectivity index (χ4v) is 4.36. The summed E-state index contributed by atoms with van der Waals surface area (Å²) in [5.41, 5.74) is 1.80. The molecule has 1 unspecified atom stereocenters. The van der Waals surface area contributed by atoms with Crippen LogP contribution in [0.4, 0.5) is 0 Å². The molecular formula is C20H23N3O4. The molecule has 142 valence electrons. The molecule has 2 aliphatic rings. The number of carboxylic acid groups (broad SMARTS) is 1. The summed E-state index contributed by atoms with van der Waals surface area (Å²) >= 11 is 0. The van der Waals surface area contributed by atoms with E-state index in [1.165, 1.54) is 0 Å². The Kier molecular flexibility index (Phi) is 4.47. The van der Waals surface area contributed by atoms with Crippen molar-refractivity contribution < 1.29 is 19.4 Å². The van der Waals surface area contributed by atoms with Gasteiger partial charge in [-0.15, -0.1) is 0 Å². The van der Waals surface area contributed by atoms with Crippen LogP contribution in [0.25, 0.3) is 11.3 Å². The van der Waals surface area contributed by atoms with Gasteiger partial charge in [0.25, 0.3) is 5.91 Å². The molecule has 2 aromatic rings. The first-order chi connectivity index (χ1) is 13.0. The van der Waals surface area contributed by atoms with E-state index in [0.717, 1.165) is 11.3 Å². The summed E-state index contributed by atoms with van der Waals surface area (Å²) in [5, 5.41) is 14.1. The molecule has 27 heavy (non-hydrogen) atoms. The molecule has 7 heteroatoms. The average molecular weight is 369 g/mol. The molecule has 0 radical (unpaired) electrons. The van der Waals surface area contributed by atoms with Gasteiger partial charge < -0.3 is 14.7 Å². The maximum Gasteiger partial charge on any atom is 0.308 e. The summed E-state index contributed by atoms with van der Waals surface area (Å²) in [6, 6.07) is 11.5. The topological polar surface area (TPSA) is 84.7 Å². The highest BCUT2D eigenvalue weighted by Gasteiger charge is 2.52. The number of likely N-dealkylation sites (tertiary alicyclic amines) is 1. The lowest BCUT2D eigenvalue weighted by atomic mass is 9.72. The van der Waals surface area contributed by atoms with Crippen molar-refractivity contribution in [3.63, 3.8) is 0 Å². The van der Waals surface area contributed by atoms with Crippen molar-refractivity contribution in [2.45, 2.75) is 12.8 Å². The van der Waals surface area contributed by atoms with Gasteiger partial charge in [-0.1, -0.05) is 30.3 Å². The SMILES string of the molecule is Cn1nc(C(=O)N2CC(C(=O)O)C3(CCOCC3)C2)cc1-c1ccccc1. The predicted molar refractivity (Wildman–Crippen MR) is 98.2 cm³/mol. The molecule has 7 nitrogen and oxygen atoms in total. The number of nitrogens with zero attached hydrogens (tertiary/aromatic N) is 3. The Morgan fingerprint density at radius 2 is 1.93 bits per heavy atom. The number of aryl methyl sites for hydroxylation is 1. The minimum Gasteiger partial charge on any atom is -0.481 e. The number of carboxylic acids is 1. The van der Waals surface area contributed by atoms with E-state index in [9.17, 15) is 14.7 Å². The van der Waals surface area contributed by atoms with Crippen LogP contribution < -0.4 is 0 Å². The van der Waals surface area contributed by atoms with E-state index in [4.69, 9.17) is 4.74 Å². The van der Waals surface area contributed by atoms with Gasteiger partial charge in [-0.2, -0.15) is 5.10 Å². The Morgan fingerprint density at radius 3 is 2.59 bits per heavy atom. The zero-order valence-electron chi connectivity index (χ0n) is 15.3. The molecule has 4 rings (SSSR count). The number of ether oxygens (including phenoxy) is 1. The van der Waals surface area contributed by atoms with Gasteiger partial charge in [0.2, 0.25) is 0 Å². The molecule has 1 amide bonds. The lowest BCUT2D eigenvalue weighted by Crippen LogP contribution is -2.40. The largest absolute Gasteiger partial charge is 0.481 e. The minimum atomic E-state index is -0.835. The van der Waals surface area contributed by atoms with Crippen LogP contribution in [0, 0.1) is 11.3 Å². The highest BCUT2D eigenvalue weighted by atomic mass is 16.5. The third-order valence-corrected chi connectivity index (χ3v) is 5.89. The highest BCUT2D eigenvalue weighted by Crippen LogP contribution is 2.44. The molecule has 2 aliphatic heterocycles. The fraction of sp³-hybridized carbons (Fsp3) is 0.450. The first kappa shape index (κ1) is 17.7. The van der Waals surface area contributed by atoms with E-state index < -0.39 is 17.3 Å². The van der Waals surface area contributed by atoms with Crippen molar-refractivity contribution in [1.29, 1.82) is 0 Å². The summed E-state index contributed by atoms with van der Waals surface area (Å²) < 4.78 is 7.11. The summed E-state index contributed by atoms with van der Waals surface area (Å²) in [5.74, 6) is -1.59. The standard InChI is InChI=1S/C20H23N3O4/c1-22-17(14-5-3-2-4-6-14)11-16(21-22)18(24)23-12-15(19(25)26)20(13-23)7-9-27-10-8-20/h2-6,11,15H,7-10,12-13H2,1H3,(H,25,26). The van der Waals surface area contributed by atoms with Crippen molar-refractivity contribution in [1.82, 2.24) is 14.7 Å². The summed E-state index contributed by atoms with van der Waals surface area (Å²) in [6.07, 6.45) is 1.34. The Morgan fingerprint density at radius 1 is 1.22 bits per heavy atom. The van der Waals surface area contributed by atoms with Gasteiger partial charge >= 0.3 is 5.97 Å². The lowest BCUT2D eigenvalue weighted by Gasteiger charge is -2.36. The molecule has 1 N–H and O–H groups in total. The average Bonchev–Trinajstić information content (AvgIpc) is 3.24. The Balaban J connectivity index is 1.59. The Bertz CT molecular complexity index is 855. The van der Waals surface area contributed by atoms with E-state index >= 15 is 0 Å². The number of aromatic nitrogens is 2. The van der Waals surface area contributed by atoms with E-state index in [2.05, 4.69) is 5.10 Å². The monoisotopic (exact) mass is 369 g/mol. The van der Waals surface area contributed by atoms with Crippen LogP contribution in [0.2, 0.25) is 0 Å². The van der Waals surface area contributed by atoms with Gasteiger partial charge in [0.15, 0.2) is 5.69 Å². The maximum atomic E-state index is 13.1. The van der Waals surface area contributed by atoms with Crippen LogP contribution in [0.3, 0.4) is 0 Å². The van der Waals surface area contributed by atoms with Crippen LogP contribution in [0.15, 0.2) is 36.4 Å². The molecule has 1 spiro atoms. The molecule has 0 saturated carbocycles.